The second kappa shape index (κ2) is 8.30. The Bertz CT molecular complexity index is 387. The number of aliphatic hydroxyl groups excluding tert-OH is 1. The summed E-state index contributed by atoms with van der Waals surface area (Å²) < 4.78 is 10.4. The zero-order valence-corrected chi connectivity index (χ0v) is 12.8. The quantitative estimate of drug-likeness (QED) is 0.766. The van der Waals surface area contributed by atoms with Gasteiger partial charge in [0.2, 0.25) is 0 Å². The Morgan fingerprint density at radius 1 is 1.26 bits per heavy atom. The molecule has 2 N–H and O–H groups in total. The van der Waals surface area contributed by atoms with E-state index in [1.54, 1.807) is 26.0 Å². The topological polar surface area (TPSA) is 50.7 Å². The molecule has 1 aromatic rings. The first-order chi connectivity index (χ1) is 9.12. The molecule has 1 rings (SSSR count). The van der Waals surface area contributed by atoms with Gasteiger partial charge in [-0.2, -0.15) is 11.8 Å². The van der Waals surface area contributed by atoms with Crippen LogP contribution in [-0.4, -0.2) is 43.9 Å². The fraction of sp³-hybridized carbons (Fsp3) is 0.571. The molecule has 0 aromatic heterocycles. The first-order valence-corrected chi connectivity index (χ1v) is 7.54. The average Bonchev–Trinajstić information content (AvgIpc) is 2.45. The third-order valence-corrected chi connectivity index (χ3v) is 3.94. The summed E-state index contributed by atoms with van der Waals surface area (Å²) in [6, 6.07) is 5.43. The molecule has 0 heterocycles. The van der Waals surface area contributed by atoms with Crippen molar-refractivity contribution in [1.82, 2.24) is 5.32 Å². The molecule has 0 aliphatic carbocycles. The number of thioether (sulfide) groups is 1. The van der Waals surface area contributed by atoms with Crippen LogP contribution in [0.2, 0.25) is 0 Å². The normalized spacial score (nSPS) is 13.9. The third-order valence-electron chi connectivity index (χ3n) is 2.97. The molecule has 0 aliphatic heterocycles. The fourth-order valence-corrected chi connectivity index (χ4v) is 2.00. The van der Waals surface area contributed by atoms with E-state index in [1.165, 1.54) is 0 Å². The summed E-state index contributed by atoms with van der Waals surface area (Å²) >= 11 is 1.80. The summed E-state index contributed by atoms with van der Waals surface area (Å²) in [6.45, 7) is 3.51. The van der Waals surface area contributed by atoms with E-state index < -0.39 is 6.10 Å². The van der Waals surface area contributed by atoms with Crippen LogP contribution in [0.1, 0.15) is 18.6 Å². The monoisotopic (exact) mass is 285 g/mol. The van der Waals surface area contributed by atoms with Crippen molar-refractivity contribution in [3.05, 3.63) is 23.8 Å². The molecule has 0 saturated heterocycles. The zero-order valence-electron chi connectivity index (χ0n) is 12.0. The van der Waals surface area contributed by atoms with Crippen molar-refractivity contribution >= 4 is 11.8 Å². The zero-order chi connectivity index (χ0) is 14.3. The van der Waals surface area contributed by atoms with Gasteiger partial charge in [0, 0.05) is 23.9 Å². The fourth-order valence-electron chi connectivity index (χ4n) is 1.72. The standard InChI is InChI=1S/C14H23NO3S/c1-10(19-4)8-15-9-13(16)12-7-11(17-2)5-6-14(12)18-3/h5-7,10,13,15-16H,8-9H2,1-4H3. The number of hydrogen-bond donors (Lipinski definition) is 2. The van der Waals surface area contributed by atoms with E-state index in [-0.39, 0.29) is 0 Å². The van der Waals surface area contributed by atoms with Crippen LogP contribution >= 0.6 is 11.8 Å². The van der Waals surface area contributed by atoms with E-state index in [0.717, 1.165) is 12.1 Å². The second-order valence-electron chi connectivity index (χ2n) is 4.33. The van der Waals surface area contributed by atoms with Crippen molar-refractivity contribution < 1.29 is 14.6 Å². The predicted octanol–water partition coefficient (Wildman–Crippen LogP) is 2.08. The maximum Gasteiger partial charge on any atom is 0.124 e. The number of benzene rings is 1. The molecule has 19 heavy (non-hydrogen) atoms. The molecule has 0 saturated carbocycles. The van der Waals surface area contributed by atoms with Crippen LogP contribution in [0.5, 0.6) is 11.5 Å². The Labute approximate surface area is 119 Å². The van der Waals surface area contributed by atoms with Gasteiger partial charge in [0.05, 0.1) is 20.3 Å². The smallest absolute Gasteiger partial charge is 0.124 e. The van der Waals surface area contributed by atoms with Crippen LogP contribution < -0.4 is 14.8 Å². The summed E-state index contributed by atoms with van der Waals surface area (Å²) in [5.74, 6) is 1.39. The number of hydrogen-bond acceptors (Lipinski definition) is 5. The van der Waals surface area contributed by atoms with Crippen LogP contribution in [0.3, 0.4) is 0 Å². The number of methoxy groups -OCH3 is 2. The molecule has 108 valence electrons. The minimum atomic E-state index is -0.612. The van der Waals surface area contributed by atoms with Crippen LogP contribution in [0.4, 0.5) is 0 Å². The van der Waals surface area contributed by atoms with Crippen molar-refractivity contribution in [1.29, 1.82) is 0 Å². The third kappa shape index (κ3) is 4.93. The molecule has 2 unspecified atom stereocenters. The van der Waals surface area contributed by atoms with E-state index >= 15 is 0 Å². The second-order valence-corrected chi connectivity index (χ2v) is 5.60. The molecule has 4 nitrogen and oxygen atoms in total. The van der Waals surface area contributed by atoms with E-state index in [9.17, 15) is 5.11 Å². The first kappa shape index (κ1) is 16.1. The lowest BCUT2D eigenvalue weighted by Gasteiger charge is -2.17. The van der Waals surface area contributed by atoms with E-state index in [0.29, 0.717) is 23.3 Å². The van der Waals surface area contributed by atoms with Crippen LogP contribution in [0.25, 0.3) is 0 Å². The summed E-state index contributed by atoms with van der Waals surface area (Å²) in [5.41, 5.74) is 0.742. The number of ether oxygens (including phenoxy) is 2. The Hall–Kier alpha value is -0.910. The van der Waals surface area contributed by atoms with Gasteiger partial charge in [-0.05, 0) is 24.5 Å². The lowest BCUT2D eigenvalue weighted by molar-refractivity contribution is 0.170. The van der Waals surface area contributed by atoms with Gasteiger partial charge < -0.3 is 19.9 Å². The Balaban J connectivity index is 2.66. The van der Waals surface area contributed by atoms with Gasteiger partial charge in [-0.1, -0.05) is 6.92 Å². The SMILES string of the molecule is COc1ccc(OC)c(C(O)CNCC(C)SC)c1. The van der Waals surface area contributed by atoms with Crippen molar-refractivity contribution in [3.63, 3.8) is 0 Å². The van der Waals surface area contributed by atoms with Crippen LogP contribution in [0, 0.1) is 0 Å². The summed E-state index contributed by atoms with van der Waals surface area (Å²) in [5, 5.41) is 14.0. The minimum absolute atomic E-state index is 0.494. The Morgan fingerprint density at radius 3 is 2.58 bits per heavy atom. The van der Waals surface area contributed by atoms with Gasteiger partial charge in [-0.15, -0.1) is 0 Å². The van der Waals surface area contributed by atoms with Gasteiger partial charge in [0.1, 0.15) is 11.5 Å². The number of aliphatic hydroxyl groups is 1. The number of nitrogens with one attached hydrogen (secondary N) is 1. The van der Waals surface area contributed by atoms with E-state index in [4.69, 9.17) is 9.47 Å². The molecule has 0 bridgehead atoms. The Morgan fingerprint density at radius 2 is 2.00 bits per heavy atom. The van der Waals surface area contributed by atoms with Crippen LogP contribution in [0.15, 0.2) is 18.2 Å². The molecule has 0 fully saturated rings. The van der Waals surface area contributed by atoms with Crippen LogP contribution in [-0.2, 0) is 0 Å². The predicted molar refractivity (Wildman–Crippen MR) is 80.4 cm³/mol. The van der Waals surface area contributed by atoms with Gasteiger partial charge in [0.15, 0.2) is 0 Å². The van der Waals surface area contributed by atoms with Gasteiger partial charge in [-0.3, -0.25) is 0 Å². The summed E-state index contributed by atoms with van der Waals surface area (Å²) in [6.07, 6.45) is 1.47. The van der Waals surface area contributed by atoms with Gasteiger partial charge in [0.25, 0.3) is 0 Å². The van der Waals surface area contributed by atoms with Crippen molar-refractivity contribution in [2.24, 2.45) is 0 Å². The van der Waals surface area contributed by atoms with Gasteiger partial charge in [-0.25, -0.2) is 0 Å². The molecule has 0 amide bonds. The van der Waals surface area contributed by atoms with E-state index in [1.807, 2.05) is 18.2 Å². The molecular weight excluding hydrogens is 262 g/mol. The van der Waals surface area contributed by atoms with Gasteiger partial charge >= 0.3 is 0 Å². The molecule has 2 atom stereocenters. The largest absolute Gasteiger partial charge is 0.497 e. The highest BCUT2D eigenvalue weighted by molar-refractivity contribution is 7.99. The molecule has 5 heteroatoms. The maximum atomic E-state index is 10.2. The lowest BCUT2D eigenvalue weighted by Crippen LogP contribution is -2.27. The molecule has 0 aliphatic rings. The lowest BCUT2D eigenvalue weighted by atomic mass is 10.1. The highest BCUT2D eigenvalue weighted by atomic mass is 32.2. The van der Waals surface area contributed by atoms with Crippen molar-refractivity contribution in [2.75, 3.05) is 33.6 Å². The first-order valence-electron chi connectivity index (χ1n) is 6.25. The minimum Gasteiger partial charge on any atom is -0.497 e. The highest BCUT2D eigenvalue weighted by Gasteiger charge is 2.14. The summed E-state index contributed by atoms with van der Waals surface area (Å²) in [4.78, 5) is 0. The molecule has 0 spiro atoms. The highest BCUT2D eigenvalue weighted by Crippen LogP contribution is 2.29. The maximum absolute atomic E-state index is 10.2. The average molecular weight is 285 g/mol. The number of rotatable bonds is 8. The molecular formula is C14H23NO3S. The summed E-state index contributed by atoms with van der Waals surface area (Å²) in [7, 11) is 3.21. The molecule has 0 radical (unpaired) electrons. The molecule has 1 aromatic carbocycles. The van der Waals surface area contributed by atoms with Crippen molar-refractivity contribution in [2.45, 2.75) is 18.3 Å². The van der Waals surface area contributed by atoms with E-state index in [2.05, 4.69) is 18.5 Å². The Kier molecular flexibility index (Phi) is 7.05. The van der Waals surface area contributed by atoms with Crippen molar-refractivity contribution in [3.8, 4) is 11.5 Å².